The van der Waals surface area contributed by atoms with Gasteiger partial charge in [-0.15, -0.1) is 0 Å². The van der Waals surface area contributed by atoms with Crippen LogP contribution < -0.4 is 14.2 Å². The molecule has 0 N–H and O–H groups in total. The normalized spacial score (nSPS) is 11.3. The molecule has 0 saturated heterocycles. The molecule has 0 aliphatic heterocycles. The maximum absolute atomic E-state index is 6.36. The maximum atomic E-state index is 6.36. The monoisotopic (exact) mass is 386 g/mol. The summed E-state index contributed by atoms with van der Waals surface area (Å²) in [6.45, 7) is 2.47. The maximum Gasteiger partial charge on any atom is 0.269 e. The fraction of sp³-hybridized carbons (Fsp3) is 0.200. The van der Waals surface area contributed by atoms with E-state index in [2.05, 4.69) is 10.1 Å². The highest BCUT2D eigenvalue weighted by Gasteiger charge is 2.12. The number of methoxy groups -OCH3 is 2. The number of nitrogens with zero attached hydrogens (tertiary/aromatic N) is 2. The largest absolute Gasteiger partial charge is 0.497 e. The van der Waals surface area contributed by atoms with E-state index in [1.54, 1.807) is 20.3 Å². The molecule has 1 aromatic heterocycles. The van der Waals surface area contributed by atoms with E-state index in [9.17, 15) is 0 Å². The first-order valence-corrected chi connectivity index (χ1v) is 8.69. The van der Waals surface area contributed by atoms with E-state index in [-0.39, 0.29) is 5.89 Å². The van der Waals surface area contributed by atoms with Gasteiger partial charge in [-0.3, -0.25) is 0 Å². The van der Waals surface area contributed by atoms with E-state index < -0.39 is 0 Å². The van der Waals surface area contributed by atoms with Gasteiger partial charge in [0.05, 0.1) is 20.8 Å². The second-order valence-corrected chi connectivity index (χ2v) is 5.89. The molecule has 2 aromatic carbocycles. The molecule has 27 heavy (non-hydrogen) atoms. The standard InChI is InChI=1S/C20H19ClN2O4/c1-4-26-17-10-5-13(12-18(17)25-3)11-16(21)20-22-19(23-27-20)14-6-8-15(24-2)9-7-14/h5-12H,4H2,1-3H3/b16-11-. The van der Waals surface area contributed by atoms with Crippen molar-refractivity contribution >= 4 is 22.7 Å². The summed E-state index contributed by atoms with van der Waals surface area (Å²) in [5, 5.41) is 4.31. The summed E-state index contributed by atoms with van der Waals surface area (Å²) < 4.78 is 21.3. The Hall–Kier alpha value is -2.99. The van der Waals surface area contributed by atoms with E-state index in [0.29, 0.717) is 29.0 Å². The van der Waals surface area contributed by atoms with Gasteiger partial charge in [0, 0.05) is 5.56 Å². The van der Waals surface area contributed by atoms with E-state index >= 15 is 0 Å². The van der Waals surface area contributed by atoms with Crippen molar-refractivity contribution in [1.29, 1.82) is 0 Å². The fourth-order valence-electron chi connectivity index (χ4n) is 2.43. The minimum atomic E-state index is 0.232. The molecule has 7 heteroatoms. The Balaban J connectivity index is 1.83. The average molecular weight is 387 g/mol. The molecule has 0 fully saturated rings. The molecule has 0 unspecified atom stereocenters. The number of aromatic nitrogens is 2. The molecule has 140 valence electrons. The molecular formula is C20H19ClN2O4. The van der Waals surface area contributed by atoms with Crippen molar-refractivity contribution in [2.24, 2.45) is 0 Å². The predicted molar refractivity (Wildman–Crippen MR) is 104 cm³/mol. The summed E-state index contributed by atoms with van der Waals surface area (Å²) in [5.74, 6) is 2.73. The van der Waals surface area contributed by atoms with Crippen LogP contribution in [0.25, 0.3) is 22.5 Å². The second-order valence-electron chi connectivity index (χ2n) is 5.49. The van der Waals surface area contributed by atoms with E-state index in [1.165, 1.54) is 0 Å². The van der Waals surface area contributed by atoms with Gasteiger partial charge in [0.2, 0.25) is 5.82 Å². The van der Waals surface area contributed by atoms with Crippen LogP contribution in [0.3, 0.4) is 0 Å². The molecule has 6 nitrogen and oxygen atoms in total. The van der Waals surface area contributed by atoms with Crippen LogP contribution in [0.2, 0.25) is 0 Å². The van der Waals surface area contributed by atoms with Crippen LogP contribution in [-0.2, 0) is 0 Å². The number of ether oxygens (including phenoxy) is 3. The first-order chi connectivity index (χ1) is 13.1. The highest BCUT2D eigenvalue weighted by Crippen LogP contribution is 2.31. The van der Waals surface area contributed by atoms with Gasteiger partial charge in [-0.05, 0) is 55.0 Å². The zero-order chi connectivity index (χ0) is 19.2. The van der Waals surface area contributed by atoms with Crippen LogP contribution >= 0.6 is 11.6 Å². The third-order valence-corrected chi connectivity index (χ3v) is 4.03. The van der Waals surface area contributed by atoms with Gasteiger partial charge >= 0.3 is 0 Å². The summed E-state index contributed by atoms with van der Waals surface area (Å²) in [7, 11) is 3.20. The predicted octanol–water partition coefficient (Wildman–Crippen LogP) is 4.89. The molecule has 0 saturated carbocycles. The zero-order valence-electron chi connectivity index (χ0n) is 15.2. The molecule has 1 heterocycles. The minimum absolute atomic E-state index is 0.232. The summed E-state index contributed by atoms with van der Waals surface area (Å²) in [5.41, 5.74) is 1.63. The molecule has 0 aliphatic rings. The van der Waals surface area contributed by atoms with Gasteiger partial charge in [0.25, 0.3) is 5.89 Å². The van der Waals surface area contributed by atoms with Gasteiger partial charge < -0.3 is 18.7 Å². The lowest BCUT2D eigenvalue weighted by Crippen LogP contribution is -1.95. The number of benzene rings is 2. The van der Waals surface area contributed by atoms with E-state index in [4.69, 9.17) is 30.3 Å². The summed E-state index contributed by atoms with van der Waals surface area (Å²) in [6.07, 6.45) is 1.73. The number of rotatable bonds is 7. The topological polar surface area (TPSA) is 66.6 Å². The first-order valence-electron chi connectivity index (χ1n) is 8.31. The van der Waals surface area contributed by atoms with Gasteiger partial charge in [-0.2, -0.15) is 4.98 Å². The summed E-state index contributed by atoms with van der Waals surface area (Å²) in [6, 6.07) is 12.9. The Morgan fingerprint density at radius 3 is 2.52 bits per heavy atom. The van der Waals surface area contributed by atoms with Crippen LogP contribution in [0.15, 0.2) is 47.0 Å². The molecule has 0 amide bonds. The lowest BCUT2D eigenvalue weighted by Gasteiger charge is -2.09. The van der Waals surface area contributed by atoms with Crippen LogP contribution in [0, 0.1) is 0 Å². The van der Waals surface area contributed by atoms with Gasteiger partial charge in [-0.1, -0.05) is 22.8 Å². The summed E-state index contributed by atoms with van der Waals surface area (Å²) in [4.78, 5) is 4.35. The highest BCUT2D eigenvalue weighted by molar-refractivity contribution is 6.50. The van der Waals surface area contributed by atoms with E-state index in [0.717, 1.165) is 16.9 Å². The molecule has 0 radical (unpaired) electrons. The van der Waals surface area contributed by atoms with Gasteiger partial charge in [-0.25, -0.2) is 0 Å². The molecule has 3 aromatic rings. The Morgan fingerprint density at radius 1 is 1.07 bits per heavy atom. The lowest BCUT2D eigenvalue weighted by molar-refractivity contribution is 0.311. The van der Waals surface area contributed by atoms with Gasteiger partial charge in [0.15, 0.2) is 11.5 Å². The highest BCUT2D eigenvalue weighted by atomic mass is 35.5. The Labute approximate surface area is 162 Å². The molecule has 0 aliphatic carbocycles. The lowest BCUT2D eigenvalue weighted by atomic mass is 10.2. The van der Waals surface area contributed by atoms with Crippen LogP contribution in [0.4, 0.5) is 0 Å². The Kier molecular flexibility index (Phi) is 5.98. The minimum Gasteiger partial charge on any atom is -0.497 e. The van der Waals surface area contributed by atoms with Crippen molar-refractivity contribution in [3.8, 4) is 28.6 Å². The zero-order valence-corrected chi connectivity index (χ0v) is 16.0. The van der Waals surface area contributed by atoms with Gasteiger partial charge in [0.1, 0.15) is 10.8 Å². The second kappa shape index (κ2) is 8.60. The molecule has 0 atom stereocenters. The number of halogens is 1. The Bertz CT molecular complexity index is 935. The third-order valence-electron chi connectivity index (χ3n) is 3.76. The van der Waals surface area contributed by atoms with Crippen molar-refractivity contribution in [1.82, 2.24) is 10.1 Å². The van der Waals surface area contributed by atoms with Crippen molar-refractivity contribution in [2.75, 3.05) is 20.8 Å². The van der Waals surface area contributed by atoms with Crippen LogP contribution in [-0.4, -0.2) is 31.0 Å². The van der Waals surface area contributed by atoms with Crippen LogP contribution in [0.5, 0.6) is 17.2 Å². The van der Waals surface area contributed by atoms with Crippen LogP contribution in [0.1, 0.15) is 18.4 Å². The molecule has 0 bridgehead atoms. The van der Waals surface area contributed by atoms with Crippen molar-refractivity contribution in [3.05, 3.63) is 53.9 Å². The quantitative estimate of drug-likeness (QED) is 0.576. The Morgan fingerprint density at radius 2 is 1.85 bits per heavy atom. The third kappa shape index (κ3) is 4.41. The summed E-state index contributed by atoms with van der Waals surface area (Å²) >= 11 is 6.36. The average Bonchev–Trinajstić information content (AvgIpc) is 3.20. The van der Waals surface area contributed by atoms with Crippen molar-refractivity contribution in [3.63, 3.8) is 0 Å². The molecule has 3 rings (SSSR count). The molecular weight excluding hydrogens is 368 g/mol. The molecule has 0 spiro atoms. The fourth-order valence-corrected chi connectivity index (χ4v) is 2.64. The van der Waals surface area contributed by atoms with E-state index in [1.807, 2.05) is 49.4 Å². The number of hydrogen-bond acceptors (Lipinski definition) is 6. The smallest absolute Gasteiger partial charge is 0.269 e. The van der Waals surface area contributed by atoms with Crippen molar-refractivity contribution in [2.45, 2.75) is 6.92 Å². The SMILES string of the molecule is CCOc1ccc(/C=C(\Cl)c2nc(-c3ccc(OC)cc3)no2)cc1OC. The number of hydrogen-bond donors (Lipinski definition) is 0. The first kappa shape index (κ1) is 18.8. The van der Waals surface area contributed by atoms with Crippen molar-refractivity contribution < 1.29 is 18.7 Å².